The Morgan fingerprint density at radius 2 is 1.11 bits per heavy atom. The van der Waals surface area contributed by atoms with E-state index >= 15 is 0 Å². The lowest BCUT2D eigenvalue weighted by Crippen LogP contribution is -2.50. The Morgan fingerprint density at radius 1 is 0.643 bits per heavy atom. The minimum absolute atomic E-state index is 0.827. The van der Waals surface area contributed by atoms with E-state index in [2.05, 4.69) is 77.9 Å². The highest BCUT2D eigenvalue weighted by molar-refractivity contribution is 6.94. The van der Waals surface area contributed by atoms with Gasteiger partial charge in [-0.25, -0.2) is 0 Å². The maximum atomic E-state index is 11.6. The van der Waals surface area contributed by atoms with Crippen molar-refractivity contribution in [3.8, 4) is 11.1 Å². The van der Waals surface area contributed by atoms with Crippen LogP contribution in [0.3, 0.4) is 0 Å². The molecule has 0 saturated heterocycles. The highest BCUT2D eigenvalue weighted by Crippen LogP contribution is 2.30. The minimum atomic E-state index is -1.62. The van der Waals surface area contributed by atoms with Crippen molar-refractivity contribution >= 4 is 32.8 Å². The molecule has 152 valence electrons. The Labute approximate surface area is 174 Å². The van der Waals surface area contributed by atoms with Crippen LogP contribution in [0.2, 0.25) is 36.3 Å². The van der Waals surface area contributed by atoms with Crippen molar-refractivity contribution in [1.82, 2.24) is 0 Å². The fourth-order valence-corrected chi connectivity index (χ4v) is 12.9. The van der Waals surface area contributed by atoms with Crippen molar-refractivity contribution in [2.24, 2.45) is 0 Å². The Balaban J connectivity index is 2.86. The van der Waals surface area contributed by atoms with Crippen LogP contribution in [0.5, 0.6) is 0 Å². The molecule has 2 rings (SSSR count). The normalized spacial score (nSPS) is 12.2. The first-order valence-electron chi connectivity index (χ1n) is 11.2. The zero-order valence-corrected chi connectivity index (χ0v) is 20.8. The van der Waals surface area contributed by atoms with Gasteiger partial charge in [0.15, 0.2) is 0 Å². The van der Waals surface area contributed by atoms with E-state index in [1.807, 2.05) is 6.07 Å². The second-order valence-electron chi connectivity index (χ2n) is 8.15. The first-order valence-corrected chi connectivity index (χ1v) is 16.4. The van der Waals surface area contributed by atoms with Gasteiger partial charge < -0.3 is 0 Å². The molecule has 0 atom stereocenters. The summed E-state index contributed by atoms with van der Waals surface area (Å²) in [7, 11) is -3.13. The van der Waals surface area contributed by atoms with Crippen LogP contribution in [0.4, 0.5) is 0 Å². The molecule has 1 nitrogen and oxygen atoms in total. The molecule has 0 unspecified atom stereocenters. The molecule has 0 spiro atoms. The SMILES string of the molecule is CC[Si](CC)(CC)c1ccccc1-c1ccc(C=O)cc1[Si](CC)(CC)CC. The molecule has 0 aliphatic carbocycles. The molecule has 0 aromatic heterocycles. The van der Waals surface area contributed by atoms with Gasteiger partial charge in [-0.1, -0.05) is 131 Å². The summed E-state index contributed by atoms with van der Waals surface area (Å²) in [6.45, 7) is 14.2. The van der Waals surface area contributed by atoms with E-state index in [0.29, 0.717) is 0 Å². The average Bonchev–Trinajstić information content (AvgIpc) is 2.77. The van der Waals surface area contributed by atoms with Crippen molar-refractivity contribution in [3.05, 3.63) is 48.0 Å². The standard InChI is InChI=1S/C25H38OSi2/c1-7-27(8-2,9-3)24-16-14-13-15-22(24)23-18-17-21(20-26)19-25(23)28(10-4,11-5)12-6/h13-20H,7-12H2,1-6H3. The monoisotopic (exact) mass is 410 g/mol. The summed E-state index contributed by atoms with van der Waals surface area (Å²) < 4.78 is 0. The van der Waals surface area contributed by atoms with Crippen molar-refractivity contribution < 1.29 is 4.79 Å². The van der Waals surface area contributed by atoms with E-state index in [9.17, 15) is 4.79 Å². The lowest BCUT2D eigenvalue weighted by molar-refractivity contribution is 0.112. The van der Waals surface area contributed by atoms with Crippen LogP contribution in [-0.4, -0.2) is 22.4 Å². The Hall–Kier alpha value is -1.46. The third kappa shape index (κ3) is 3.97. The number of carbonyl (C=O) groups excluding carboxylic acids is 1. The Bertz CT molecular complexity index is 772. The van der Waals surface area contributed by atoms with Crippen molar-refractivity contribution in [2.45, 2.75) is 77.8 Å². The van der Waals surface area contributed by atoms with E-state index in [1.54, 1.807) is 5.19 Å². The summed E-state index contributed by atoms with van der Waals surface area (Å²) in [5.74, 6) is 0. The van der Waals surface area contributed by atoms with Crippen molar-refractivity contribution in [3.63, 3.8) is 0 Å². The van der Waals surface area contributed by atoms with E-state index in [4.69, 9.17) is 0 Å². The van der Waals surface area contributed by atoms with Crippen molar-refractivity contribution in [1.29, 1.82) is 0 Å². The summed E-state index contributed by atoms with van der Waals surface area (Å²) >= 11 is 0. The molecule has 0 N–H and O–H groups in total. The molecule has 2 aromatic rings. The zero-order valence-electron chi connectivity index (χ0n) is 18.8. The molecule has 0 saturated carbocycles. The second-order valence-corrected chi connectivity index (χ2v) is 18.6. The molecule has 3 heteroatoms. The maximum absolute atomic E-state index is 11.6. The fourth-order valence-electron chi connectivity index (χ4n) is 5.13. The number of hydrogen-bond acceptors (Lipinski definition) is 1. The number of benzene rings is 2. The predicted molar refractivity (Wildman–Crippen MR) is 131 cm³/mol. The lowest BCUT2D eigenvalue weighted by Gasteiger charge is -2.35. The Morgan fingerprint density at radius 3 is 1.61 bits per heavy atom. The number of rotatable bonds is 10. The highest BCUT2D eigenvalue weighted by Gasteiger charge is 2.35. The smallest absolute Gasteiger partial charge is 0.150 e. The molecule has 2 aromatic carbocycles. The molecule has 0 amide bonds. The van der Waals surface area contributed by atoms with Crippen LogP contribution in [0.1, 0.15) is 51.9 Å². The van der Waals surface area contributed by atoms with Gasteiger partial charge in [-0.05, 0) is 11.1 Å². The van der Waals surface area contributed by atoms with Crippen LogP contribution in [0.15, 0.2) is 42.5 Å². The first-order chi connectivity index (χ1) is 13.5. The molecule has 0 bridgehead atoms. The van der Waals surface area contributed by atoms with Gasteiger partial charge in [0, 0.05) is 5.56 Å². The summed E-state index contributed by atoms with van der Waals surface area (Å²) in [5, 5.41) is 3.12. The molecule has 0 heterocycles. The van der Waals surface area contributed by atoms with Gasteiger partial charge in [0.2, 0.25) is 0 Å². The van der Waals surface area contributed by atoms with Gasteiger partial charge in [-0.3, -0.25) is 4.79 Å². The summed E-state index contributed by atoms with van der Waals surface area (Å²) in [4.78, 5) is 11.6. The van der Waals surface area contributed by atoms with Crippen molar-refractivity contribution in [2.75, 3.05) is 0 Å². The van der Waals surface area contributed by atoms with Gasteiger partial charge in [0.05, 0.1) is 16.1 Å². The van der Waals surface area contributed by atoms with E-state index < -0.39 is 16.1 Å². The third-order valence-corrected chi connectivity index (χ3v) is 18.9. The quantitative estimate of drug-likeness (QED) is 0.318. The van der Waals surface area contributed by atoms with Crippen LogP contribution < -0.4 is 10.4 Å². The van der Waals surface area contributed by atoms with Gasteiger partial charge in [0.1, 0.15) is 6.29 Å². The summed E-state index contributed by atoms with van der Waals surface area (Å²) in [5.41, 5.74) is 3.68. The van der Waals surface area contributed by atoms with E-state index in [1.165, 1.54) is 52.6 Å². The average molecular weight is 411 g/mol. The third-order valence-electron chi connectivity index (χ3n) is 7.60. The molecular formula is C25H38OSi2. The van der Waals surface area contributed by atoms with Gasteiger partial charge in [0.25, 0.3) is 0 Å². The van der Waals surface area contributed by atoms with Gasteiger partial charge >= 0.3 is 0 Å². The van der Waals surface area contributed by atoms with E-state index in [-0.39, 0.29) is 0 Å². The Kier molecular flexibility index (Phi) is 8.02. The fraction of sp³-hybridized carbons (Fsp3) is 0.480. The highest BCUT2D eigenvalue weighted by atomic mass is 28.3. The largest absolute Gasteiger partial charge is 0.298 e. The molecule has 0 aliphatic rings. The summed E-state index contributed by atoms with van der Waals surface area (Å²) in [6.07, 6.45) is 1.02. The maximum Gasteiger partial charge on any atom is 0.150 e. The molecular weight excluding hydrogens is 372 g/mol. The number of aldehydes is 1. The molecule has 28 heavy (non-hydrogen) atoms. The molecule has 0 radical (unpaired) electrons. The van der Waals surface area contributed by atoms with E-state index in [0.717, 1.165) is 11.8 Å². The zero-order chi connectivity index (χ0) is 20.8. The van der Waals surface area contributed by atoms with Gasteiger partial charge in [-0.2, -0.15) is 0 Å². The molecule has 0 aliphatic heterocycles. The lowest BCUT2D eigenvalue weighted by atomic mass is 10.0. The first kappa shape index (κ1) is 22.8. The van der Waals surface area contributed by atoms with Crippen LogP contribution >= 0.6 is 0 Å². The minimum Gasteiger partial charge on any atom is -0.298 e. The van der Waals surface area contributed by atoms with Crippen LogP contribution in [-0.2, 0) is 0 Å². The second kappa shape index (κ2) is 9.84. The number of carbonyl (C=O) groups is 1. The molecule has 0 fully saturated rings. The summed E-state index contributed by atoms with van der Waals surface area (Å²) in [6, 6.07) is 23.2. The predicted octanol–water partition coefficient (Wildman–Crippen LogP) is 6.60. The number of hydrogen-bond donors (Lipinski definition) is 0. The topological polar surface area (TPSA) is 17.1 Å². The van der Waals surface area contributed by atoms with Crippen LogP contribution in [0.25, 0.3) is 11.1 Å². The van der Waals surface area contributed by atoms with Crippen LogP contribution in [0, 0.1) is 0 Å². The van der Waals surface area contributed by atoms with Gasteiger partial charge in [-0.15, -0.1) is 0 Å².